The van der Waals surface area contributed by atoms with E-state index in [1.165, 1.54) is 42.4 Å². The van der Waals surface area contributed by atoms with Crippen LogP contribution in [0, 0.1) is 5.92 Å². The van der Waals surface area contributed by atoms with Crippen molar-refractivity contribution in [3.05, 3.63) is 42.1 Å². The van der Waals surface area contributed by atoms with E-state index in [0.29, 0.717) is 11.4 Å². The first-order chi connectivity index (χ1) is 16.0. The van der Waals surface area contributed by atoms with E-state index in [1.807, 2.05) is 13.8 Å². The molecule has 1 aliphatic heterocycles. The van der Waals surface area contributed by atoms with Crippen LogP contribution in [-0.4, -0.2) is 59.4 Å². The van der Waals surface area contributed by atoms with Gasteiger partial charge >= 0.3 is 5.97 Å². The van der Waals surface area contributed by atoms with Gasteiger partial charge in [0, 0.05) is 30.8 Å². The molecule has 11 heteroatoms. The van der Waals surface area contributed by atoms with Gasteiger partial charge in [0.1, 0.15) is 5.82 Å². The minimum atomic E-state index is -3.73. The number of nitrogens with one attached hydrogen (secondary N) is 1. The Balaban J connectivity index is 1.54. The zero-order valence-electron chi connectivity index (χ0n) is 19.7. The lowest BCUT2D eigenvalue weighted by Crippen LogP contribution is -2.41. The molecule has 1 saturated heterocycles. The van der Waals surface area contributed by atoms with Crippen LogP contribution in [0.15, 0.2) is 41.4 Å². The lowest BCUT2D eigenvalue weighted by atomic mass is 9.98. The Morgan fingerprint density at radius 2 is 1.68 bits per heavy atom. The summed E-state index contributed by atoms with van der Waals surface area (Å²) in [6, 6.07) is 7.52. The number of piperidine rings is 1. The molecule has 2 heterocycles. The molecule has 1 amide bonds. The van der Waals surface area contributed by atoms with Gasteiger partial charge in [0.2, 0.25) is 10.0 Å². The van der Waals surface area contributed by atoms with Gasteiger partial charge in [-0.2, -0.15) is 9.40 Å². The third-order valence-electron chi connectivity index (χ3n) is 5.76. The number of hydrogen-bond acceptors (Lipinski definition) is 7. The third kappa shape index (κ3) is 5.71. The van der Waals surface area contributed by atoms with Gasteiger partial charge in [0.25, 0.3) is 5.91 Å². The first kappa shape index (κ1) is 25.6. The van der Waals surface area contributed by atoms with E-state index in [9.17, 15) is 22.8 Å². The average Bonchev–Trinajstić information content (AvgIpc) is 3.27. The van der Waals surface area contributed by atoms with Crippen molar-refractivity contribution in [2.75, 3.05) is 18.4 Å². The summed E-state index contributed by atoms with van der Waals surface area (Å²) in [5.41, 5.74) is 0.437. The molecule has 0 bridgehead atoms. The Morgan fingerprint density at radius 1 is 1.06 bits per heavy atom. The Bertz CT molecular complexity index is 1150. The van der Waals surface area contributed by atoms with Crippen molar-refractivity contribution in [1.82, 2.24) is 14.1 Å². The molecule has 34 heavy (non-hydrogen) atoms. The fraction of sp³-hybridized carbons (Fsp3) is 0.478. The van der Waals surface area contributed by atoms with E-state index in [1.54, 1.807) is 16.9 Å². The number of ketones is 1. The molecule has 1 aromatic heterocycles. The summed E-state index contributed by atoms with van der Waals surface area (Å²) in [6.07, 6.45) is 1.15. The van der Waals surface area contributed by atoms with Gasteiger partial charge in [-0.15, -0.1) is 0 Å². The first-order valence-electron chi connectivity index (χ1n) is 11.2. The van der Waals surface area contributed by atoms with Gasteiger partial charge < -0.3 is 10.1 Å². The zero-order valence-corrected chi connectivity index (χ0v) is 20.5. The summed E-state index contributed by atoms with van der Waals surface area (Å²) < 4.78 is 34.1. The molecular weight excluding hydrogens is 460 g/mol. The molecule has 1 atom stereocenters. The highest BCUT2D eigenvalue weighted by molar-refractivity contribution is 7.89. The number of anilines is 1. The van der Waals surface area contributed by atoms with Crippen molar-refractivity contribution in [2.24, 2.45) is 5.92 Å². The number of amides is 1. The number of rotatable bonds is 8. The maximum atomic E-state index is 12.9. The van der Waals surface area contributed by atoms with Gasteiger partial charge in [-0.05, 0) is 52.7 Å². The average molecular weight is 491 g/mol. The second kappa shape index (κ2) is 10.5. The summed E-state index contributed by atoms with van der Waals surface area (Å²) in [5, 5.41) is 6.86. The normalized spacial score (nSPS) is 16.3. The molecule has 0 saturated carbocycles. The Morgan fingerprint density at radius 3 is 2.24 bits per heavy atom. The van der Waals surface area contributed by atoms with Crippen molar-refractivity contribution in [2.45, 2.75) is 57.6 Å². The van der Waals surface area contributed by atoms with E-state index in [2.05, 4.69) is 10.4 Å². The summed E-state index contributed by atoms with van der Waals surface area (Å²) in [5.74, 6) is -1.12. The fourth-order valence-electron chi connectivity index (χ4n) is 3.72. The van der Waals surface area contributed by atoms with E-state index in [4.69, 9.17) is 4.74 Å². The second-order valence-electron chi connectivity index (χ2n) is 8.58. The molecule has 10 nitrogen and oxygen atoms in total. The predicted molar refractivity (Wildman–Crippen MR) is 125 cm³/mol. The Hall–Kier alpha value is -3.05. The van der Waals surface area contributed by atoms with Crippen LogP contribution in [0.1, 0.15) is 56.9 Å². The van der Waals surface area contributed by atoms with E-state index < -0.39 is 33.9 Å². The molecule has 0 spiro atoms. The number of esters is 1. The van der Waals surface area contributed by atoms with Crippen molar-refractivity contribution in [3.63, 3.8) is 0 Å². The Labute approximate surface area is 199 Å². The van der Waals surface area contributed by atoms with Gasteiger partial charge in [-0.25, -0.2) is 13.1 Å². The lowest BCUT2D eigenvalue weighted by molar-refractivity contribution is -0.158. The summed E-state index contributed by atoms with van der Waals surface area (Å²) in [4.78, 5) is 36.6. The van der Waals surface area contributed by atoms with Crippen LogP contribution in [-0.2, 0) is 24.3 Å². The second-order valence-corrected chi connectivity index (χ2v) is 10.5. The number of nitrogens with zero attached hydrogens (tertiary/aromatic N) is 3. The quantitative estimate of drug-likeness (QED) is 0.445. The molecule has 1 N–H and O–H groups in total. The highest BCUT2D eigenvalue weighted by Gasteiger charge is 2.34. The SMILES string of the molecule is CC(=O)c1ccc(S(=O)(=O)N2CCC(C(=O)O[C@H](C)C(=O)Nc3ccnn3C(C)C)CC2)cc1. The fourth-order valence-corrected chi connectivity index (χ4v) is 5.19. The molecule has 1 aliphatic rings. The molecular formula is C23H30N4O6S. The lowest BCUT2D eigenvalue weighted by Gasteiger charge is -2.30. The molecule has 0 radical (unpaired) electrons. The molecule has 1 aromatic carbocycles. The molecule has 184 valence electrons. The predicted octanol–water partition coefficient (Wildman–Crippen LogP) is 2.64. The van der Waals surface area contributed by atoms with Gasteiger partial charge in [-0.1, -0.05) is 12.1 Å². The van der Waals surface area contributed by atoms with Gasteiger partial charge in [-0.3, -0.25) is 14.4 Å². The molecule has 3 rings (SSSR count). The van der Waals surface area contributed by atoms with E-state index in [-0.39, 0.29) is 42.7 Å². The maximum absolute atomic E-state index is 12.9. The van der Waals surface area contributed by atoms with Crippen LogP contribution < -0.4 is 5.32 Å². The van der Waals surface area contributed by atoms with Gasteiger partial charge in [0.05, 0.1) is 17.0 Å². The van der Waals surface area contributed by atoms with Crippen molar-refractivity contribution < 1.29 is 27.5 Å². The van der Waals surface area contributed by atoms with Crippen LogP contribution in [0.25, 0.3) is 0 Å². The molecule has 0 aliphatic carbocycles. The maximum Gasteiger partial charge on any atom is 0.309 e. The number of carbonyl (C=O) groups excluding carboxylic acids is 3. The summed E-state index contributed by atoms with van der Waals surface area (Å²) >= 11 is 0. The topological polar surface area (TPSA) is 128 Å². The largest absolute Gasteiger partial charge is 0.452 e. The number of hydrogen-bond donors (Lipinski definition) is 1. The number of carbonyl (C=O) groups is 3. The van der Waals surface area contributed by atoms with Crippen LogP contribution in [0.2, 0.25) is 0 Å². The minimum absolute atomic E-state index is 0.0525. The van der Waals surface area contributed by atoms with Gasteiger partial charge in [0.15, 0.2) is 11.9 Å². The Kier molecular flexibility index (Phi) is 7.88. The van der Waals surface area contributed by atoms with Crippen LogP contribution in [0.3, 0.4) is 0 Å². The first-order valence-corrected chi connectivity index (χ1v) is 12.6. The van der Waals surface area contributed by atoms with Crippen LogP contribution in [0.5, 0.6) is 0 Å². The van der Waals surface area contributed by atoms with E-state index >= 15 is 0 Å². The number of sulfonamides is 1. The van der Waals surface area contributed by atoms with Crippen molar-refractivity contribution in [1.29, 1.82) is 0 Å². The number of benzene rings is 1. The highest BCUT2D eigenvalue weighted by Crippen LogP contribution is 2.25. The van der Waals surface area contributed by atoms with E-state index in [0.717, 1.165) is 0 Å². The molecule has 0 unspecified atom stereocenters. The smallest absolute Gasteiger partial charge is 0.309 e. The number of aromatic nitrogens is 2. The number of ether oxygens (including phenoxy) is 1. The minimum Gasteiger partial charge on any atom is -0.452 e. The summed E-state index contributed by atoms with van der Waals surface area (Å²) in [6.45, 7) is 7.08. The van der Waals surface area contributed by atoms with Crippen molar-refractivity contribution >= 4 is 33.5 Å². The highest BCUT2D eigenvalue weighted by atomic mass is 32.2. The standard InChI is InChI=1S/C23H30N4O6S/c1-15(2)27-21(9-12-24-27)25-22(29)17(4)33-23(30)19-10-13-26(14-11-19)34(31,32)20-7-5-18(6-8-20)16(3)28/h5-9,12,15,17,19H,10-11,13-14H2,1-4H3,(H,25,29)/t17-/m1/s1. The monoisotopic (exact) mass is 490 g/mol. The molecule has 2 aromatic rings. The zero-order chi connectivity index (χ0) is 25.0. The summed E-state index contributed by atoms with van der Waals surface area (Å²) in [7, 11) is -3.73. The van der Waals surface area contributed by atoms with Crippen LogP contribution in [0.4, 0.5) is 5.82 Å². The molecule has 1 fully saturated rings. The third-order valence-corrected chi connectivity index (χ3v) is 7.67. The number of Topliss-reactive ketones (excluding diaryl/α,β-unsaturated/α-hetero) is 1. The van der Waals surface area contributed by atoms with Crippen LogP contribution >= 0.6 is 0 Å². The van der Waals surface area contributed by atoms with Crippen molar-refractivity contribution in [3.8, 4) is 0 Å².